The molecule has 2 heteroatoms. The van der Waals surface area contributed by atoms with E-state index in [1.807, 2.05) is 30.1 Å². The fourth-order valence-electron chi connectivity index (χ4n) is 1.97. The van der Waals surface area contributed by atoms with E-state index in [0.29, 0.717) is 0 Å². The van der Waals surface area contributed by atoms with Crippen molar-refractivity contribution in [3.63, 3.8) is 0 Å². The standard InChI is InChI=1S/C15H14NO/c1-11-3-4-14-13(9-11)10-15(17-14)12-5-7-16(2)8-6-12/h3-10H,1-2H3/q+1. The minimum Gasteiger partial charge on any atom is -0.456 e. The molecule has 2 heterocycles. The van der Waals surface area contributed by atoms with Gasteiger partial charge in [0.25, 0.3) is 0 Å². The lowest BCUT2D eigenvalue weighted by molar-refractivity contribution is -0.671. The summed E-state index contributed by atoms with van der Waals surface area (Å²) in [6.45, 7) is 2.09. The Morgan fingerprint density at radius 2 is 1.76 bits per heavy atom. The van der Waals surface area contributed by atoms with E-state index >= 15 is 0 Å². The van der Waals surface area contributed by atoms with Gasteiger partial charge in [-0.25, -0.2) is 4.57 Å². The first kappa shape index (κ1) is 10.1. The highest BCUT2D eigenvalue weighted by Crippen LogP contribution is 2.27. The zero-order valence-corrected chi connectivity index (χ0v) is 9.97. The first-order valence-corrected chi connectivity index (χ1v) is 5.68. The molecule has 17 heavy (non-hydrogen) atoms. The van der Waals surface area contributed by atoms with Crippen LogP contribution in [0, 0.1) is 6.92 Å². The van der Waals surface area contributed by atoms with Gasteiger partial charge < -0.3 is 4.42 Å². The number of fused-ring (bicyclic) bond motifs is 1. The van der Waals surface area contributed by atoms with Crippen molar-refractivity contribution < 1.29 is 8.98 Å². The fourth-order valence-corrected chi connectivity index (χ4v) is 1.97. The first-order valence-electron chi connectivity index (χ1n) is 5.68. The summed E-state index contributed by atoms with van der Waals surface area (Å²) in [5.74, 6) is 0.922. The smallest absolute Gasteiger partial charge is 0.169 e. The molecule has 0 aliphatic carbocycles. The van der Waals surface area contributed by atoms with Crippen LogP contribution in [0.4, 0.5) is 0 Å². The van der Waals surface area contributed by atoms with Gasteiger partial charge in [-0.3, -0.25) is 0 Å². The molecule has 0 saturated heterocycles. The number of aromatic nitrogens is 1. The van der Waals surface area contributed by atoms with Crippen molar-refractivity contribution in [2.75, 3.05) is 0 Å². The summed E-state index contributed by atoms with van der Waals surface area (Å²) in [7, 11) is 2.01. The Bertz CT molecular complexity index is 665. The molecule has 3 aromatic rings. The number of hydrogen-bond donors (Lipinski definition) is 0. The largest absolute Gasteiger partial charge is 0.456 e. The number of nitrogens with zero attached hydrogens (tertiary/aromatic N) is 1. The molecule has 3 rings (SSSR count). The third-order valence-electron chi connectivity index (χ3n) is 2.93. The SMILES string of the molecule is Cc1ccc2oc(-c3cc[n+](C)cc3)cc2c1. The van der Waals surface area contributed by atoms with Crippen LogP contribution in [0.3, 0.4) is 0 Å². The van der Waals surface area contributed by atoms with Crippen LogP contribution in [0.1, 0.15) is 5.56 Å². The van der Waals surface area contributed by atoms with E-state index in [9.17, 15) is 0 Å². The minimum absolute atomic E-state index is 0.922. The van der Waals surface area contributed by atoms with Crippen LogP contribution in [0.5, 0.6) is 0 Å². The maximum absolute atomic E-state index is 5.84. The number of furan rings is 1. The monoisotopic (exact) mass is 224 g/mol. The van der Waals surface area contributed by atoms with Crippen molar-refractivity contribution >= 4 is 11.0 Å². The van der Waals surface area contributed by atoms with Gasteiger partial charge in [-0.15, -0.1) is 0 Å². The maximum atomic E-state index is 5.84. The summed E-state index contributed by atoms with van der Waals surface area (Å²) in [4.78, 5) is 0. The Balaban J connectivity index is 2.14. The van der Waals surface area contributed by atoms with E-state index in [4.69, 9.17) is 4.42 Å². The number of rotatable bonds is 1. The van der Waals surface area contributed by atoms with Crippen molar-refractivity contribution in [2.45, 2.75) is 6.92 Å². The minimum atomic E-state index is 0.922. The first-order chi connectivity index (χ1) is 8.22. The highest BCUT2D eigenvalue weighted by Gasteiger charge is 2.07. The van der Waals surface area contributed by atoms with Gasteiger partial charge in [0.15, 0.2) is 12.4 Å². The molecule has 0 aliphatic rings. The van der Waals surface area contributed by atoms with E-state index in [1.54, 1.807) is 0 Å². The van der Waals surface area contributed by atoms with Crippen molar-refractivity contribution in [1.29, 1.82) is 0 Å². The molecule has 0 amide bonds. The maximum Gasteiger partial charge on any atom is 0.169 e. The van der Waals surface area contributed by atoms with Crippen LogP contribution < -0.4 is 4.57 Å². The number of aryl methyl sites for hydroxylation is 2. The topological polar surface area (TPSA) is 17.0 Å². The van der Waals surface area contributed by atoms with Crippen molar-refractivity contribution in [3.05, 3.63) is 54.4 Å². The lowest BCUT2D eigenvalue weighted by atomic mass is 10.1. The van der Waals surface area contributed by atoms with E-state index in [0.717, 1.165) is 22.3 Å². The third kappa shape index (κ3) is 1.82. The molecule has 0 spiro atoms. The van der Waals surface area contributed by atoms with Gasteiger partial charge in [-0.1, -0.05) is 11.6 Å². The van der Waals surface area contributed by atoms with Crippen LogP contribution in [0.15, 0.2) is 53.2 Å². The van der Waals surface area contributed by atoms with Gasteiger partial charge in [0, 0.05) is 23.1 Å². The average Bonchev–Trinajstić information content (AvgIpc) is 2.72. The van der Waals surface area contributed by atoms with Crippen LogP contribution in [0.2, 0.25) is 0 Å². The van der Waals surface area contributed by atoms with Crippen molar-refractivity contribution in [2.24, 2.45) is 7.05 Å². The third-order valence-corrected chi connectivity index (χ3v) is 2.93. The summed E-state index contributed by atoms with van der Waals surface area (Å²) in [6, 6.07) is 12.5. The Morgan fingerprint density at radius 1 is 1.00 bits per heavy atom. The van der Waals surface area contributed by atoms with E-state index < -0.39 is 0 Å². The number of hydrogen-bond acceptors (Lipinski definition) is 1. The van der Waals surface area contributed by atoms with E-state index in [-0.39, 0.29) is 0 Å². The quantitative estimate of drug-likeness (QED) is 0.580. The number of pyridine rings is 1. The van der Waals surface area contributed by atoms with Crippen molar-refractivity contribution in [3.8, 4) is 11.3 Å². The molecule has 0 fully saturated rings. The molecule has 1 aromatic carbocycles. The molecule has 0 radical (unpaired) electrons. The van der Waals surface area contributed by atoms with Gasteiger partial charge >= 0.3 is 0 Å². The van der Waals surface area contributed by atoms with Gasteiger partial charge in [0.05, 0.1) is 0 Å². The van der Waals surface area contributed by atoms with Crippen LogP contribution in [-0.4, -0.2) is 0 Å². The Labute approximate surface area is 100 Å². The Hall–Kier alpha value is -2.09. The van der Waals surface area contributed by atoms with Crippen LogP contribution in [-0.2, 0) is 7.05 Å². The zero-order valence-electron chi connectivity index (χ0n) is 9.97. The molecule has 0 saturated carbocycles. The van der Waals surface area contributed by atoms with Gasteiger partial charge in [-0.05, 0) is 25.1 Å². The molecule has 0 N–H and O–H groups in total. The zero-order chi connectivity index (χ0) is 11.8. The molecule has 0 aliphatic heterocycles. The molecule has 2 nitrogen and oxygen atoms in total. The van der Waals surface area contributed by atoms with Gasteiger partial charge in [0.2, 0.25) is 0 Å². The number of benzene rings is 1. The van der Waals surface area contributed by atoms with E-state index in [2.05, 4.69) is 37.3 Å². The summed E-state index contributed by atoms with van der Waals surface area (Å²) in [5, 5.41) is 1.16. The van der Waals surface area contributed by atoms with Crippen molar-refractivity contribution in [1.82, 2.24) is 0 Å². The molecular formula is C15H14NO+. The van der Waals surface area contributed by atoms with E-state index in [1.165, 1.54) is 5.56 Å². The summed E-state index contributed by atoms with van der Waals surface area (Å²) in [6.07, 6.45) is 4.04. The lowest BCUT2D eigenvalue weighted by Gasteiger charge is -1.93. The predicted molar refractivity (Wildman–Crippen MR) is 67.6 cm³/mol. The second kappa shape index (κ2) is 3.74. The second-order valence-electron chi connectivity index (χ2n) is 4.40. The van der Waals surface area contributed by atoms with Gasteiger partial charge in [0.1, 0.15) is 18.4 Å². The predicted octanol–water partition coefficient (Wildman–Crippen LogP) is 3.23. The molecule has 2 aromatic heterocycles. The molecule has 0 unspecified atom stereocenters. The molecule has 84 valence electrons. The second-order valence-corrected chi connectivity index (χ2v) is 4.40. The van der Waals surface area contributed by atoms with Gasteiger partial charge in [-0.2, -0.15) is 0 Å². The summed E-state index contributed by atoms with van der Waals surface area (Å²) in [5.41, 5.74) is 3.31. The fraction of sp³-hybridized carbons (Fsp3) is 0.133. The average molecular weight is 224 g/mol. The summed E-state index contributed by atoms with van der Waals surface area (Å²) >= 11 is 0. The Morgan fingerprint density at radius 3 is 2.53 bits per heavy atom. The molecule has 0 bridgehead atoms. The Kier molecular flexibility index (Phi) is 2.22. The van der Waals surface area contributed by atoms with Crippen LogP contribution >= 0.6 is 0 Å². The highest BCUT2D eigenvalue weighted by atomic mass is 16.3. The lowest BCUT2D eigenvalue weighted by Crippen LogP contribution is -2.25. The highest BCUT2D eigenvalue weighted by molar-refractivity contribution is 5.83. The van der Waals surface area contributed by atoms with Crippen LogP contribution in [0.25, 0.3) is 22.3 Å². The summed E-state index contributed by atoms with van der Waals surface area (Å²) < 4.78 is 7.85. The normalized spacial score (nSPS) is 10.9. The molecule has 0 atom stereocenters. The molecular weight excluding hydrogens is 210 g/mol.